The third kappa shape index (κ3) is 5.55. The standard InChI is InChI=1S/C18H27IN2O2/c1-13-8-9-14(11-16(13)19)20-12-15-7-5-6-10-21(15)17(22)23-18(2,3)4/h8-9,11,15,20H,5-7,10,12H2,1-4H3. The van der Waals surface area contributed by atoms with Crippen molar-refractivity contribution in [3.63, 3.8) is 0 Å². The minimum absolute atomic E-state index is 0.192. The van der Waals surface area contributed by atoms with Gasteiger partial charge in [-0.1, -0.05) is 6.07 Å². The molecule has 23 heavy (non-hydrogen) atoms. The molecule has 0 radical (unpaired) electrons. The lowest BCUT2D eigenvalue weighted by atomic mass is 10.0. The van der Waals surface area contributed by atoms with Crippen LogP contribution in [0.2, 0.25) is 0 Å². The van der Waals surface area contributed by atoms with Gasteiger partial charge in [0.15, 0.2) is 0 Å². The fraction of sp³-hybridized carbons (Fsp3) is 0.611. The Labute approximate surface area is 153 Å². The van der Waals surface area contributed by atoms with Gasteiger partial charge in [0, 0.05) is 22.3 Å². The first-order valence-electron chi connectivity index (χ1n) is 8.26. The molecule has 1 aromatic rings. The lowest BCUT2D eigenvalue weighted by Gasteiger charge is -2.37. The average molecular weight is 430 g/mol. The molecule has 128 valence electrons. The number of halogens is 1. The highest BCUT2D eigenvalue weighted by Crippen LogP contribution is 2.22. The van der Waals surface area contributed by atoms with E-state index in [0.717, 1.165) is 38.0 Å². The van der Waals surface area contributed by atoms with Gasteiger partial charge < -0.3 is 15.0 Å². The Balaban J connectivity index is 1.98. The Hall–Kier alpha value is -0.980. The average Bonchev–Trinajstić information content (AvgIpc) is 2.47. The number of hydrogen-bond acceptors (Lipinski definition) is 3. The summed E-state index contributed by atoms with van der Waals surface area (Å²) in [5.74, 6) is 0. The lowest BCUT2D eigenvalue weighted by molar-refractivity contribution is 0.0114. The summed E-state index contributed by atoms with van der Waals surface area (Å²) in [5.41, 5.74) is 1.94. The highest BCUT2D eigenvalue weighted by molar-refractivity contribution is 14.1. The molecule has 2 rings (SSSR count). The molecule has 1 heterocycles. The molecule has 1 amide bonds. The van der Waals surface area contributed by atoms with Crippen molar-refractivity contribution < 1.29 is 9.53 Å². The maximum absolute atomic E-state index is 12.4. The quantitative estimate of drug-likeness (QED) is 0.701. The van der Waals surface area contributed by atoms with Gasteiger partial charge in [-0.05, 0) is 87.2 Å². The summed E-state index contributed by atoms with van der Waals surface area (Å²) in [6.07, 6.45) is 3.05. The van der Waals surface area contributed by atoms with Gasteiger partial charge in [-0.2, -0.15) is 0 Å². The second-order valence-electron chi connectivity index (χ2n) is 7.17. The van der Waals surface area contributed by atoms with E-state index < -0.39 is 5.60 Å². The van der Waals surface area contributed by atoms with Crippen molar-refractivity contribution in [3.8, 4) is 0 Å². The Morgan fingerprint density at radius 2 is 2.13 bits per heavy atom. The highest BCUT2D eigenvalue weighted by atomic mass is 127. The maximum atomic E-state index is 12.4. The van der Waals surface area contributed by atoms with Gasteiger partial charge in [-0.15, -0.1) is 0 Å². The molecule has 1 fully saturated rings. The van der Waals surface area contributed by atoms with Crippen molar-refractivity contribution in [2.75, 3.05) is 18.4 Å². The molecular weight excluding hydrogens is 403 g/mol. The second kappa shape index (κ2) is 7.73. The molecule has 1 aliphatic heterocycles. The molecule has 0 saturated carbocycles. The zero-order valence-electron chi connectivity index (χ0n) is 14.5. The van der Waals surface area contributed by atoms with Crippen LogP contribution in [0.4, 0.5) is 10.5 Å². The molecule has 4 nitrogen and oxygen atoms in total. The molecule has 1 N–H and O–H groups in total. The van der Waals surface area contributed by atoms with E-state index in [1.807, 2.05) is 25.7 Å². The number of piperidine rings is 1. The van der Waals surface area contributed by atoms with Crippen LogP contribution in [0.25, 0.3) is 0 Å². The third-order valence-electron chi connectivity index (χ3n) is 3.97. The van der Waals surface area contributed by atoms with Crippen LogP contribution in [0.15, 0.2) is 18.2 Å². The fourth-order valence-electron chi connectivity index (χ4n) is 2.71. The molecule has 0 bridgehead atoms. The number of hydrogen-bond donors (Lipinski definition) is 1. The van der Waals surface area contributed by atoms with Crippen molar-refractivity contribution in [2.45, 2.75) is 58.6 Å². The molecule has 1 saturated heterocycles. The number of aryl methyl sites for hydroxylation is 1. The summed E-state index contributed by atoms with van der Waals surface area (Å²) in [6, 6.07) is 6.56. The fourth-order valence-corrected chi connectivity index (χ4v) is 3.23. The van der Waals surface area contributed by atoms with Gasteiger partial charge in [-0.3, -0.25) is 0 Å². The van der Waals surface area contributed by atoms with E-state index in [2.05, 4.69) is 53.0 Å². The van der Waals surface area contributed by atoms with Crippen LogP contribution in [0.5, 0.6) is 0 Å². The number of nitrogens with one attached hydrogen (secondary N) is 1. The summed E-state index contributed by atoms with van der Waals surface area (Å²) >= 11 is 2.35. The van der Waals surface area contributed by atoms with Crippen LogP contribution in [-0.2, 0) is 4.74 Å². The van der Waals surface area contributed by atoms with Gasteiger partial charge in [0.1, 0.15) is 5.60 Å². The molecule has 0 aliphatic carbocycles. The maximum Gasteiger partial charge on any atom is 0.410 e. The normalized spacial score (nSPS) is 18.7. The molecule has 5 heteroatoms. The van der Waals surface area contributed by atoms with Crippen molar-refractivity contribution in [3.05, 3.63) is 27.3 Å². The van der Waals surface area contributed by atoms with E-state index in [4.69, 9.17) is 4.74 Å². The number of amides is 1. The summed E-state index contributed by atoms with van der Waals surface area (Å²) in [5, 5.41) is 3.48. The summed E-state index contributed by atoms with van der Waals surface area (Å²) in [6.45, 7) is 9.39. The molecule has 0 spiro atoms. The minimum Gasteiger partial charge on any atom is -0.444 e. The van der Waals surface area contributed by atoms with Crippen LogP contribution in [0, 0.1) is 10.5 Å². The monoisotopic (exact) mass is 430 g/mol. The predicted octanol–water partition coefficient (Wildman–Crippen LogP) is 4.80. The minimum atomic E-state index is -0.445. The van der Waals surface area contributed by atoms with E-state index in [9.17, 15) is 4.79 Å². The predicted molar refractivity (Wildman–Crippen MR) is 103 cm³/mol. The first-order valence-corrected chi connectivity index (χ1v) is 9.34. The van der Waals surface area contributed by atoms with Gasteiger partial charge in [0.05, 0.1) is 6.04 Å². The van der Waals surface area contributed by atoms with Crippen molar-refractivity contribution in [2.24, 2.45) is 0 Å². The number of carbonyl (C=O) groups excluding carboxylic acids is 1. The smallest absolute Gasteiger partial charge is 0.410 e. The van der Waals surface area contributed by atoms with E-state index >= 15 is 0 Å². The van der Waals surface area contributed by atoms with Crippen molar-refractivity contribution >= 4 is 34.4 Å². The van der Waals surface area contributed by atoms with E-state index in [0.29, 0.717) is 0 Å². The number of nitrogens with zero attached hydrogens (tertiary/aromatic N) is 1. The number of carbonyl (C=O) groups is 1. The van der Waals surface area contributed by atoms with Gasteiger partial charge in [0.2, 0.25) is 0 Å². The van der Waals surface area contributed by atoms with Crippen LogP contribution < -0.4 is 5.32 Å². The van der Waals surface area contributed by atoms with E-state index in [1.54, 1.807) is 0 Å². The second-order valence-corrected chi connectivity index (χ2v) is 8.33. The first kappa shape index (κ1) is 18.4. The highest BCUT2D eigenvalue weighted by Gasteiger charge is 2.30. The Kier molecular flexibility index (Phi) is 6.17. The van der Waals surface area contributed by atoms with E-state index in [-0.39, 0.29) is 12.1 Å². The molecule has 0 aromatic heterocycles. The Morgan fingerprint density at radius 1 is 1.39 bits per heavy atom. The van der Waals surface area contributed by atoms with Gasteiger partial charge in [-0.25, -0.2) is 4.79 Å². The van der Waals surface area contributed by atoms with Gasteiger partial charge in [0.25, 0.3) is 0 Å². The largest absolute Gasteiger partial charge is 0.444 e. The summed E-state index contributed by atoms with van der Waals surface area (Å²) < 4.78 is 6.80. The topological polar surface area (TPSA) is 41.6 Å². The zero-order valence-corrected chi connectivity index (χ0v) is 16.6. The van der Waals surface area contributed by atoms with Gasteiger partial charge >= 0.3 is 6.09 Å². The van der Waals surface area contributed by atoms with Crippen LogP contribution >= 0.6 is 22.6 Å². The summed E-state index contributed by atoms with van der Waals surface area (Å²) in [4.78, 5) is 14.3. The first-order chi connectivity index (χ1) is 10.8. The number of ether oxygens (including phenoxy) is 1. The van der Waals surface area contributed by atoms with E-state index in [1.165, 1.54) is 9.13 Å². The zero-order chi connectivity index (χ0) is 17.0. The van der Waals surface area contributed by atoms with Crippen molar-refractivity contribution in [1.82, 2.24) is 4.90 Å². The Morgan fingerprint density at radius 3 is 2.78 bits per heavy atom. The number of anilines is 1. The third-order valence-corrected chi connectivity index (χ3v) is 5.13. The summed E-state index contributed by atoms with van der Waals surface area (Å²) in [7, 11) is 0. The van der Waals surface area contributed by atoms with Crippen LogP contribution in [0.1, 0.15) is 45.6 Å². The van der Waals surface area contributed by atoms with Crippen LogP contribution in [-0.4, -0.2) is 35.7 Å². The number of likely N-dealkylation sites (tertiary alicyclic amines) is 1. The number of rotatable bonds is 3. The lowest BCUT2D eigenvalue weighted by Crippen LogP contribution is -2.48. The molecular formula is C18H27IN2O2. The Bertz CT molecular complexity index is 554. The number of benzene rings is 1. The molecule has 1 aliphatic rings. The van der Waals surface area contributed by atoms with Crippen LogP contribution in [0.3, 0.4) is 0 Å². The molecule has 1 atom stereocenters. The van der Waals surface area contributed by atoms with Crippen molar-refractivity contribution in [1.29, 1.82) is 0 Å². The molecule has 1 unspecified atom stereocenters. The SMILES string of the molecule is Cc1ccc(NCC2CCCCN2C(=O)OC(C)(C)C)cc1I. The molecule has 1 aromatic carbocycles.